The van der Waals surface area contributed by atoms with Crippen LogP contribution in [0, 0.1) is 11.3 Å². The molecule has 5 nitrogen and oxygen atoms in total. The van der Waals surface area contributed by atoms with Crippen LogP contribution in [0.2, 0.25) is 0 Å². The van der Waals surface area contributed by atoms with E-state index in [1.807, 2.05) is 18.2 Å². The molecule has 4 rings (SSSR count). The maximum atomic E-state index is 13.0. The summed E-state index contributed by atoms with van der Waals surface area (Å²) in [7, 11) is 1.63. The zero-order chi connectivity index (χ0) is 22.2. The van der Waals surface area contributed by atoms with E-state index < -0.39 is 0 Å². The molecule has 6 heteroatoms. The highest BCUT2D eigenvalue weighted by Gasteiger charge is 2.31. The van der Waals surface area contributed by atoms with Crippen molar-refractivity contribution in [1.82, 2.24) is 9.97 Å². The molecule has 1 unspecified atom stereocenters. The molecule has 0 saturated carbocycles. The van der Waals surface area contributed by atoms with Gasteiger partial charge in [0.25, 0.3) is 5.56 Å². The maximum Gasteiger partial charge on any atom is 0.260 e. The fourth-order valence-corrected chi connectivity index (χ4v) is 5.62. The predicted octanol–water partition coefficient (Wildman–Crippen LogP) is 5.99. The van der Waals surface area contributed by atoms with E-state index in [1.54, 1.807) is 18.4 Å². The SMILES string of the molecule is CCCCOc1ccc(-c2nc3sc4c(c3c(=O)[nH]2)CCC(C(C)(C)C)C4)cc1OC. The quantitative estimate of drug-likeness (QED) is 0.478. The van der Waals surface area contributed by atoms with Crippen LogP contribution in [0.25, 0.3) is 21.6 Å². The Morgan fingerprint density at radius 3 is 2.77 bits per heavy atom. The van der Waals surface area contributed by atoms with Crippen LogP contribution in [0.1, 0.15) is 57.4 Å². The molecule has 3 aromatic rings. The molecule has 0 saturated heterocycles. The van der Waals surface area contributed by atoms with Crippen LogP contribution < -0.4 is 15.0 Å². The molecule has 31 heavy (non-hydrogen) atoms. The van der Waals surface area contributed by atoms with Crippen LogP contribution in [0.4, 0.5) is 0 Å². The van der Waals surface area contributed by atoms with Gasteiger partial charge in [-0.1, -0.05) is 34.1 Å². The zero-order valence-electron chi connectivity index (χ0n) is 19.1. The lowest BCUT2D eigenvalue weighted by atomic mass is 9.72. The second-order valence-corrected chi connectivity index (χ2v) is 10.6. The molecule has 0 amide bonds. The molecular weight excluding hydrogens is 408 g/mol. The van der Waals surface area contributed by atoms with Gasteiger partial charge in [-0.15, -0.1) is 11.3 Å². The van der Waals surface area contributed by atoms with E-state index in [0.717, 1.165) is 47.9 Å². The monoisotopic (exact) mass is 440 g/mol. The van der Waals surface area contributed by atoms with E-state index in [9.17, 15) is 4.79 Å². The maximum absolute atomic E-state index is 13.0. The number of fused-ring (bicyclic) bond motifs is 3. The number of nitrogens with one attached hydrogen (secondary N) is 1. The number of aromatic amines is 1. The predicted molar refractivity (Wildman–Crippen MR) is 128 cm³/mol. The summed E-state index contributed by atoms with van der Waals surface area (Å²) in [5.74, 6) is 2.57. The number of thiophene rings is 1. The van der Waals surface area contributed by atoms with Gasteiger partial charge in [0.2, 0.25) is 0 Å². The molecule has 1 aliphatic carbocycles. The number of H-pyrrole nitrogens is 1. The van der Waals surface area contributed by atoms with Crippen molar-refractivity contribution in [2.45, 2.75) is 59.8 Å². The van der Waals surface area contributed by atoms with Gasteiger partial charge in [-0.25, -0.2) is 4.98 Å². The minimum Gasteiger partial charge on any atom is -0.493 e. The lowest BCUT2D eigenvalue weighted by Crippen LogP contribution is -2.26. The molecule has 0 fully saturated rings. The van der Waals surface area contributed by atoms with E-state index in [4.69, 9.17) is 14.5 Å². The third-order valence-corrected chi connectivity index (χ3v) is 7.48. The van der Waals surface area contributed by atoms with Crippen molar-refractivity contribution >= 4 is 21.6 Å². The van der Waals surface area contributed by atoms with Crippen molar-refractivity contribution in [2.75, 3.05) is 13.7 Å². The van der Waals surface area contributed by atoms with Gasteiger partial charge in [-0.3, -0.25) is 4.79 Å². The van der Waals surface area contributed by atoms with Gasteiger partial charge in [0.15, 0.2) is 11.5 Å². The summed E-state index contributed by atoms with van der Waals surface area (Å²) in [5, 5.41) is 0.780. The van der Waals surface area contributed by atoms with E-state index in [1.165, 1.54) is 10.4 Å². The van der Waals surface area contributed by atoms with Crippen molar-refractivity contribution in [3.63, 3.8) is 0 Å². The van der Waals surface area contributed by atoms with E-state index in [2.05, 4.69) is 32.7 Å². The number of nitrogens with zero attached hydrogens (tertiary/aromatic N) is 1. The highest BCUT2D eigenvalue weighted by atomic mass is 32.1. The normalized spacial score (nSPS) is 16.4. The topological polar surface area (TPSA) is 64.2 Å². The largest absolute Gasteiger partial charge is 0.493 e. The molecule has 0 spiro atoms. The summed E-state index contributed by atoms with van der Waals surface area (Å²) in [6.07, 6.45) is 5.19. The second kappa shape index (κ2) is 8.65. The van der Waals surface area contributed by atoms with E-state index >= 15 is 0 Å². The summed E-state index contributed by atoms with van der Waals surface area (Å²) < 4.78 is 11.4. The lowest BCUT2D eigenvalue weighted by molar-refractivity contribution is 0.218. The fourth-order valence-electron chi connectivity index (χ4n) is 4.32. The average molecular weight is 441 g/mol. The molecule has 2 heterocycles. The van der Waals surface area contributed by atoms with E-state index in [0.29, 0.717) is 29.8 Å². The molecule has 0 bridgehead atoms. The third-order valence-electron chi connectivity index (χ3n) is 6.34. The van der Waals surface area contributed by atoms with Gasteiger partial charge < -0.3 is 14.5 Å². The van der Waals surface area contributed by atoms with Crippen LogP contribution in [0.5, 0.6) is 11.5 Å². The Bertz CT molecular complexity index is 1140. The molecule has 0 radical (unpaired) electrons. The molecule has 2 aromatic heterocycles. The fraction of sp³-hybridized carbons (Fsp3) is 0.520. The van der Waals surface area contributed by atoms with Crippen molar-refractivity contribution in [3.05, 3.63) is 39.0 Å². The van der Waals surface area contributed by atoms with Gasteiger partial charge in [-0.05, 0) is 60.8 Å². The van der Waals surface area contributed by atoms with Crippen LogP contribution >= 0.6 is 11.3 Å². The van der Waals surface area contributed by atoms with Crippen molar-refractivity contribution in [1.29, 1.82) is 0 Å². The molecule has 1 aromatic carbocycles. The van der Waals surface area contributed by atoms with Crippen LogP contribution in [0.15, 0.2) is 23.0 Å². The number of unbranched alkanes of at least 4 members (excludes halogenated alkanes) is 1. The average Bonchev–Trinajstić information content (AvgIpc) is 3.11. The molecule has 166 valence electrons. The second-order valence-electron chi connectivity index (χ2n) is 9.47. The third kappa shape index (κ3) is 4.36. The zero-order valence-corrected chi connectivity index (χ0v) is 19.9. The van der Waals surface area contributed by atoms with Crippen LogP contribution in [0.3, 0.4) is 0 Å². The Morgan fingerprint density at radius 1 is 1.26 bits per heavy atom. The number of aromatic nitrogens is 2. The first-order valence-corrected chi connectivity index (χ1v) is 12.0. The Labute approximate surface area is 187 Å². The van der Waals surface area contributed by atoms with Gasteiger partial charge in [0.1, 0.15) is 10.7 Å². The Kier molecular flexibility index (Phi) is 6.11. The minimum absolute atomic E-state index is 0.0473. The molecule has 1 N–H and O–H groups in total. The van der Waals surface area contributed by atoms with Crippen LogP contribution in [-0.2, 0) is 12.8 Å². The molecule has 1 aliphatic rings. The molecular formula is C25H32N2O3S. The van der Waals surface area contributed by atoms with Crippen molar-refractivity contribution in [3.8, 4) is 22.9 Å². The Hall–Kier alpha value is -2.34. The first kappa shape index (κ1) is 21.9. The van der Waals surface area contributed by atoms with E-state index in [-0.39, 0.29) is 11.0 Å². The Morgan fingerprint density at radius 2 is 2.06 bits per heavy atom. The first-order valence-electron chi connectivity index (χ1n) is 11.2. The number of methoxy groups -OCH3 is 1. The standard InChI is InChI=1S/C25H32N2O3S/c1-6-7-12-30-18-11-8-15(13-19(18)29-5)22-26-23(28)21-17-10-9-16(25(2,3)4)14-20(17)31-24(21)27-22/h8,11,13,16H,6-7,9-10,12,14H2,1-5H3,(H,26,27,28). The van der Waals surface area contributed by atoms with Crippen molar-refractivity contribution < 1.29 is 9.47 Å². The molecule has 1 atom stereocenters. The summed E-state index contributed by atoms with van der Waals surface area (Å²) in [4.78, 5) is 23.1. The number of ether oxygens (including phenoxy) is 2. The van der Waals surface area contributed by atoms with Gasteiger partial charge >= 0.3 is 0 Å². The van der Waals surface area contributed by atoms with Crippen LogP contribution in [-0.4, -0.2) is 23.7 Å². The number of benzene rings is 1. The number of aryl methyl sites for hydroxylation is 1. The number of hydrogen-bond acceptors (Lipinski definition) is 5. The highest BCUT2D eigenvalue weighted by molar-refractivity contribution is 7.18. The minimum atomic E-state index is -0.0473. The number of hydrogen-bond donors (Lipinski definition) is 1. The number of rotatable bonds is 6. The highest BCUT2D eigenvalue weighted by Crippen LogP contribution is 2.42. The van der Waals surface area contributed by atoms with Gasteiger partial charge in [0.05, 0.1) is 19.1 Å². The first-order chi connectivity index (χ1) is 14.8. The molecule has 0 aliphatic heterocycles. The Balaban J connectivity index is 1.69. The summed E-state index contributed by atoms with van der Waals surface area (Å²) >= 11 is 1.68. The van der Waals surface area contributed by atoms with Gasteiger partial charge in [-0.2, -0.15) is 0 Å². The van der Waals surface area contributed by atoms with Crippen molar-refractivity contribution in [2.24, 2.45) is 11.3 Å². The smallest absolute Gasteiger partial charge is 0.260 e. The van der Waals surface area contributed by atoms with Gasteiger partial charge in [0, 0.05) is 10.4 Å². The summed E-state index contributed by atoms with van der Waals surface area (Å²) in [6.45, 7) is 9.71. The summed E-state index contributed by atoms with van der Waals surface area (Å²) in [6, 6.07) is 5.70. The summed E-state index contributed by atoms with van der Waals surface area (Å²) in [5.41, 5.74) is 2.25. The lowest BCUT2D eigenvalue weighted by Gasteiger charge is -2.33.